The summed E-state index contributed by atoms with van der Waals surface area (Å²) in [4.78, 5) is 13.4. The van der Waals surface area contributed by atoms with E-state index >= 15 is 0 Å². The van der Waals surface area contributed by atoms with Gasteiger partial charge in [-0.3, -0.25) is 4.68 Å². The first kappa shape index (κ1) is 18.3. The van der Waals surface area contributed by atoms with Gasteiger partial charge in [-0.15, -0.1) is 0 Å². The van der Waals surface area contributed by atoms with Crippen LogP contribution in [0, 0.1) is 0 Å². The van der Waals surface area contributed by atoms with Crippen molar-refractivity contribution in [3.8, 4) is 0 Å². The Labute approximate surface area is 170 Å². The summed E-state index contributed by atoms with van der Waals surface area (Å²) in [5.41, 5.74) is 7.10. The maximum atomic E-state index is 10.0. The van der Waals surface area contributed by atoms with E-state index in [1.165, 1.54) is 10.9 Å². The van der Waals surface area contributed by atoms with Crippen LogP contribution in [0.15, 0.2) is 42.9 Å². The largest absolute Gasteiger partial charge is 0.391 e. The van der Waals surface area contributed by atoms with Crippen molar-refractivity contribution in [2.45, 2.75) is 37.5 Å². The molecule has 0 spiro atoms. The lowest BCUT2D eigenvalue weighted by Crippen LogP contribution is -2.37. The molecule has 2 atom stereocenters. The molecule has 0 saturated carbocycles. The maximum absolute atomic E-state index is 10.0. The number of rotatable bonds is 4. The fourth-order valence-electron chi connectivity index (χ4n) is 4.69. The first-order chi connectivity index (χ1) is 14.2. The summed E-state index contributed by atoms with van der Waals surface area (Å²) in [6.07, 6.45) is 5.98. The van der Waals surface area contributed by atoms with Crippen molar-refractivity contribution in [1.29, 1.82) is 0 Å². The van der Waals surface area contributed by atoms with E-state index in [-0.39, 0.29) is 12.1 Å². The van der Waals surface area contributed by atoms with Gasteiger partial charge in [-0.1, -0.05) is 18.2 Å². The number of benzene rings is 1. The van der Waals surface area contributed by atoms with Gasteiger partial charge in [-0.05, 0) is 25.3 Å². The third-order valence-corrected chi connectivity index (χ3v) is 6.24. The van der Waals surface area contributed by atoms with Crippen LogP contribution in [0.3, 0.4) is 0 Å². The molecule has 0 aliphatic carbocycles. The van der Waals surface area contributed by atoms with Crippen molar-refractivity contribution in [2.75, 3.05) is 36.0 Å². The minimum atomic E-state index is -0.346. The molecular formula is C21H27N7O. The zero-order chi connectivity index (χ0) is 19.8. The van der Waals surface area contributed by atoms with E-state index in [9.17, 15) is 5.11 Å². The van der Waals surface area contributed by atoms with Crippen molar-refractivity contribution in [1.82, 2.24) is 19.7 Å². The topological polar surface area (TPSA) is 96.3 Å². The number of aromatic nitrogens is 4. The zero-order valence-electron chi connectivity index (χ0n) is 16.4. The van der Waals surface area contributed by atoms with Crippen molar-refractivity contribution in [2.24, 2.45) is 5.73 Å². The number of para-hydroxylation sites is 1. The van der Waals surface area contributed by atoms with Crippen LogP contribution in [0.1, 0.15) is 25.3 Å². The van der Waals surface area contributed by atoms with Crippen LogP contribution in [-0.4, -0.2) is 63.2 Å². The van der Waals surface area contributed by atoms with Crippen LogP contribution in [0.25, 0.3) is 10.9 Å². The monoisotopic (exact) mass is 393 g/mol. The molecule has 1 aromatic carbocycles. The molecule has 4 heterocycles. The highest BCUT2D eigenvalue weighted by molar-refractivity contribution is 5.78. The fraction of sp³-hybridized carbons (Fsp3) is 0.476. The number of hydrogen-bond acceptors (Lipinski definition) is 7. The van der Waals surface area contributed by atoms with Gasteiger partial charge < -0.3 is 20.6 Å². The zero-order valence-corrected chi connectivity index (χ0v) is 16.4. The number of aliphatic hydroxyl groups excluding tert-OH is 1. The second-order valence-electron chi connectivity index (χ2n) is 8.03. The summed E-state index contributed by atoms with van der Waals surface area (Å²) in [6.45, 7) is 2.95. The predicted octanol–water partition coefficient (Wildman–Crippen LogP) is 1.57. The summed E-state index contributed by atoms with van der Waals surface area (Å²) >= 11 is 0. The Morgan fingerprint density at radius 2 is 1.90 bits per heavy atom. The normalized spacial score (nSPS) is 23.2. The van der Waals surface area contributed by atoms with Crippen LogP contribution < -0.4 is 15.5 Å². The average molecular weight is 393 g/mol. The SMILES string of the molecule is NC[C@H]1C[C@@H](O)CN1c1cc(N2CCC(n3ncc4ccccc43)CC2)ncn1. The number of piperidine rings is 1. The van der Waals surface area contributed by atoms with Crippen LogP contribution >= 0.6 is 0 Å². The van der Waals surface area contributed by atoms with Crippen molar-refractivity contribution < 1.29 is 5.11 Å². The van der Waals surface area contributed by atoms with E-state index in [1.807, 2.05) is 12.3 Å². The van der Waals surface area contributed by atoms with Crippen molar-refractivity contribution >= 4 is 22.5 Å². The number of hydrogen-bond donors (Lipinski definition) is 2. The second-order valence-corrected chi connectivity index (χ2v) is 8.03. The van der Waals surface area contributed by atoms with Crippen LogP contribution in [0.2, 0.25) is 0 Å². The molecule has 0 bridgehead atoms. The van der Waals surface area contributed by atoms with E-state index < -0.39 is 0 Å². The number of nitrogens with two attached hydrogens (primary N) is 1. The third kappa shape index (κ3) is 3.42. The number of anilines is 2. The van der Waals surface area contributed by atoms with Gasteiger partial charge in [0.15, 0.2) is 0 Å². The van der Waals surface area contributed by atoms with Gasteiger partial charge in [0, 0.05) is 43.7 Å². The highest BCUT2D eigenvalue weighted by Gasteiger charge is 2.31. The quantitative estimate of drug-likeness (QED) is 0.694. The fourth-order valence-corrected chi connectivity index (χ4v) is 4.69. The van der Waals surface area contributed by atoms with E-state index in [2.05, 4.69) is 53.8 Å². The number of fused-ring (bicyclic) bond motifs is 1. The molecule has 0 amide bonds. The molecule has 2 aliphatic heterocycles. The lowest BCUT2D eigenvalue weighted by atomic mass is 10.0. The third-order valence-electron chi connectivity index (χ3n) is 6.24. The summed E-state index contributed by atoms with van der Waals surface area (Å²) < 4.78 is 2.18. The average Bonchev–Trinajstić information content (AvgIpc) is 3.37. The first-order valence-electron chi connectivity index (χ1n) is 10.4. The molecular weight excluding hydrogens is 366 g/mol. The summed E-state index contributed by atoms with van der Waals surface area (Å²) in [6, 6.07) is 10.9. The van der Waals surface area contributed by atoms with Gasteiger partial charge in [0.1, 0.15) is 18.0 Å². The summed E-state index contributed by atoms with van der Waals surface area (Å²) in [7, 11) is 0. The molecule has 2 saturated heterocycles. The number of β-amino-alcohol motifs (C(OH)–C–C–N with tert-alkyl or cyclic N) is 1. The van der Waals surface area contributed by atoms with Gasteiger partial charge in [-0.2, -0.15) is 5.10 Å². The molecule has 29 heavy (non-hydrogen) atoms. The lowest BCUT2D eigenvalue weighted by molar-refractivity contribution is 0.194. The van der Waals surface area contributed by atoms with Gasteiger partial charge in [-0.25, -0.2) is 9.97 Å². The van der Waals surface area contributed by atoms with Crippen LogP contribution in [0.4, 0.5) is 11.6 Å². The Hall–Kier alpha value is -2.71. The van der Waals surface area contributed by atoms with Gasteiger partial charge in [0.2, 0.25) is 0 Å². The highest BCUT2D eigenvalue weighted by atomic mass is 16.3. The minimum Gasteiger partial charge on any atom is -0.391 e. The van der Waals surface area contributed by atoms with Gasteiger partial charge >= 0.3 is 0 Å². The standard InChI is InChI=1S/C21H27N7O/c22-11-17-9-18(29)13-27(17)21-10-20(23-14-24-21)26-7-5-16(6-8-26)28-19-4-2-1-3-15(19)12-25-28/h1-4,10,12,14,16-18,29H,5-9,11,13,22H2/t17-,18-/m1/s1. The molecule has 0 unspecified atom stereocenters. The van der Waals surface area contributed by atoms with E-state index in [0.717, 1.165) is 37.6 Å². The van der Waals surface area contributed by atoms with E-state index in [0.29, 0.717) is 25.6 Å². The molecule has 3 N–H and O–H groups in total. The summed E-state index contributed by atoms with van der Waals surface area (Å²) in [5.74, 6) is 1.79. The molecule has 2 aromatic heterocycles. The minimum absolute atomic E-state index is 0.131. The summed E-state index contributed by atoms with van der Waals surface area (Å²) in [5, 5.41) is 15.8. The molecule has 8 nitrogen and oxygen atoms in total. The smallest absolute Gasteiger partial charge is 0.134 e. The molecule has 2 fully saturated rings. The Kier molecular flexibility index (Phi) is 4.81. The van der Waals surface area contributed by atoms with Gasteiger partial charge in [0.25, 0.3) is 0 Å². The van der Waals surface area contributed by atoms with Gasteiger partial charge in [0.05, 0.1) is 23.9 Å². The van der Waals surface area contributed by atoms with E-state index in [4.69, 9.17) is 5.73 Å². The predicted molar refractivity (Wildman–Crippen MR) is 113 cm³/mol. The molecule has 8 heteroatoms. The molecule has 3 aromatic rings. The molecule has 0 radical (unpaired) electrons. The maximum Gasteiger partial charge on any atom is 0.134 e. The van der Waals surface area contributed by atoms with Crippen molar-refractivity contribution in [3.05, 3.63) is 42.9 Å². The molecule has 5 rings (SSSR count). The number of nitrogens with zero attached hydrogens (tertiary/aromatic N) is 6. The Bertz CT molecular complexity index is 982. The lowest BCUT2D eigenvalue weighted by Gasteiger charge is -2.33. The van der Waals surface area contributed by atoms with E-state index in [1.54, 1.807) is 6.33 Å². The Balaban J connectivity index is 1.30. The molecule has 152 valence electrons. The molecule has 2 aliphatic rings. The highest BCUT2D eigenvalue weighted by Crippen LogP contribution is 2.30. The Morgan fingerprint density at radius 3 is 2.72 bits per heavy atom. The van der Waals surface area contributed by atoms with Crippen LogP contribution in [-0.2, 0) is 0 Å². The van der Waals surface area contributed by atoms with Crippen molar-refractivity contribution in [3.63, 3.8) is 0 Å². The first-order valence-corrected chi connectivity index (χ1v) is 10.4. The second kappa shape index (κ2) is 7.61. The van der Waals surface area contributed by atoms with Crippen LogP contribution in [0.5, 0.6) is 0 Å². The Morgan fingerprint density at radius 1 is 1.10 bits per heavy atom. The number of aliphatic hydroxyl groups is 1.